The van der Waals surface area contributed by atoms with E-state index in [2.05, 4.69) is 36.4 Å². The summed E-state index contributed by atoms with van der Waals surface area (Å²) in [7, 11) is 1.67. The monoisotopic (exact) mass is 257 g/mol. The smallest absolute Gasteiger partial charge is 0.0804 e. The van der Waals surface area contributed by atoms with Crippen molar-refractivity contribution in [2.45, 2.75) is 24.2 Å². The fraction of sp³-hybridized carbons (Fsp3) is 1.00. The third-order valence-electron chi connectivity index (χ3n) is 1.72. The highest BCUT2D eigenvalue weighted by atomic mass is 127. The molecule has 0 aliphatic heterocycles. The lowest BCUT2D eigenvalue weighted by Gasteiger charge is -2.24. The van der Waals surface area contributed by atoms with Crippen LogP contribution in [0, 0.1) is 11.1 Å². The molecule has 0 saturated carbocycles. The highest BCUT2D eigenvalue weighted by Gasteiger charge is 2.13. The number of hydrogen-bond acceptors (Lipinski definition) is 1. The van der Waals surface area contributed by atoms with Crippen molar-refractivity contribution < 1.29 is 5.06 Å². The van der Waals surface area contributed by atoms with Crippen LogP contribution in [-0.2, 0) is 0 Å². The third-order valence-corrected chi connectivity index (χ3v) is 2.74. The maximum absolute atomic E-state index is 10.7. The zero-order valence-electron chi connectivity index (χ0n) is 6.86. The lowest BCUT2D eigenvalue weighted by molar-refractivity contribution is -0.829. The van der Waals surface area contributed by atoms with Gasteiger partial charge in [0.2, 0.25) is 0 Å². The molecule has 0 bridgehead atoms. The number of rotatable bonds is 4. The lowest BCUT2D eigenvalue weighted by atomic mass is 10.0. The Labute approximate surface area is 76.7 Å². The molecule has 2 nitrogen and oxygen atoms in total. The maximum Gasteiger partial charge on any atom is 0.0804 e. The van der Waals surface area contributed by atoms with E-state index in [4.69, 9.17) is 0 Å². The number of nitrogens with one attached hydrogen (secondary N) is 1. The molecule has 62 valence electrons. The van der Waals surface area contributed by atoms with E-state index in [0.717, 1.165) is 13.0 Å². The van der Waals surface area contributed by atoms with Gasteiger partial charge in [0.15, 0.2) is 0 Å². The first-order chi connectivity index (χ1) is 4.57. The van der Waals surface area contributed by atoms with Gasteiger partial charge in [-0.25, -0.2) is 0 Å². The molecule has 0 aromatic heterocycles. The summed E-state index contributed by atoms with van der Waals surface area (Å²) < 4.78 is 0.617. The van der Waals surface area contributed by atoms with E-state index in [0.29, 0.717) is 14.9 Å². The number of alkyl halides is 1. The van der Waals surface area contributed by atoms with Crippen LogP contribution >= 0.6 is 22.6 Å². The van der Waals surface area contributed by atoms with E-state index in [-0.39, 0.29) is 0 Å². The third kappa shape index (κ3) is 4.46. The quantitative estimate of drug-likeness (QED) is 0.451. The first-order valence-corrected chi connectivity index (χ1v) is 4.96. The Morgan fingerprint density at radius 1 is 1.60 bits per heavy atom. The molecule has 0 fully saturated rings. The van der Waals surface area contributed by atoms with Crippen molar-refractivity contribution >= 4 is 22.6 Å². The Bertz CT molecular complexity index is 85.7. The largest absolute Gasteiger partial charge is 0.634 e. The maximum atomic E-state index is 10.7. The van der Waals surface area contributed by atoms with Gasteiger partial charge in [-0.05, 0) is 6.42 Å². The Morgan fingerprint density at radius 2 is 2.10 bits per heavy atom. The summed E-state index contributed by atoms with van der Waals surface area (Å²) in [6.45, 7) is 5.06. The minimum absolute atomic E-state index is 0.315. The molecule has 2 unspecified atom stereocenters. The van der Waals surface area contributed by atoms with Gasteiger partial charge in [0.25, 0.3) is 0 Å². The van der Waals surface area contributed by atoms with Crippen LogP contribution in [0.2, 0.25) is 0 Å². The highest BCUT2D eigenvalue weighted by molar-refractivity contribution is 14.1. The molecular formula is C7H16INO. The molecule has 0 saturated heterocycles. The van der Waals surface area contributed by atoms with Crippen LogP contribution in [0.5, 0.6) is 0 Å². The van der Waals surface area contributed by atoms with Crippen molar-refractivity contribution in [3.8, 4) is 0 Å². The van der Waals surface area contributed by atoms with Crippen molar-refractivity contribution in [2.24, 2.45) is 5.92 Å². The molecule has 0 rings (SSSR count). The summed E-state index contributed by atoms with van der Waals surface area (Å²) in [5, 5.41) is 11.0. The summed E-state index contributed by atoms with van der Waals surface area (Å²) in [5.41, 5.74) is 0. The second kappa shape index (κ2) is 5.32. The van der Waals surface area contributed by atoms with E-state index in [1.807, 2.05) is 0 Å². The molecule has 0 aromatic carbocycles. The number of hydroxylamine groups is 2. The van der Waals surface area contributed by atoms with Crippen LogP contribution in [0.3, 0.4) is 0 Å². The second-order valence-corrected chi connectivity index (χ2v) is 4.72. The van der Waals surface area contributed by atoms with E-state index < -0.39 is 0 Å². The van der Waals surface area contributed by atoms with Crippen molar-refractivity contribution in [1.82, 2.24) is 0 Å². The molecule has 1 N–H and O–H groups in total. The van der Waals surface area contributed by atoms with Crippen LogP contribution in [0.1, 0.15) is 20.3 Å². The van der Waals surface area contributed by atoms with Crippen LogP contribution in [0.25, 0.3) is 0 Å². The predicted molar refractivity (Wildman–Crippen MR) is 52.4 cm³/mol. The molecule has 3 heteroatoms. The molecule has 0 spiro atoms. The summed E-state index contributed by atoms with van der Waals surface area (Å²) in [6.07, 6.45) is 1.11. The van der Waals surface area contributed by atoms with Gasteiger partial charge >= 0.3 is 0 Å². The topological polar surface area (TPSA) is 27.5 Å². The minimum Gasteiger partial charge on any atom is -0.634 e. The number of hydrogen-bond donors (Lipinski definition) is 1. The SMILES string of the molecule is CC[C@H](C[NH+](C)[O-])C(C)I. The van der Waals surface area contributed by atoms with Crippen molar-refractivity contribution in [1.29, 1.82) is 0 Å². The molecule has 0 aliphatic rings. The van der Waals surface area contributed by atoms with Gasteiger partial charge in [-0.2, -0.15) is 0 Å². The normalized spacial score (nSPS) is 20.1. The van der Waals surface area contributed by atoms with E-state index in [1.54, 1.807) is 7.05 Å². The zero-order chi connectivity index (χ0) is 8.15. The molecule has 3 atom stereocenters. The summed E-state index contributed by atoms with van der Waals surface area (Å²) in [5.74, 6) is 0.582. The average Bonchev–Trinajstić information content (AvgIpc) is 1.81. The van der Waals surface area contributed by atoms with E-state index in [9.17, 15) is 5.21 Å². The van der Waals surface area contributed by atoms with E-state index in [1.165, 1.54) is 0 Å². The number of halogens is 1. The van der Waals surface area contributed by atoms with E-state index >= 15 is 0 Å². The number of quaternary nitrogens is 1. The van der Waals surface area contributed by atoms with Crippen LogP contribution in [0.15, 0.2) is 0 Å². The fourth-order valence-electron chi connectivity index (χ4n) is 1.00. The Balaban J connectivity index is 3.60. The molecule has 0 amide bonds. The zero-order valence-corrected chi connectivity index (χ0v) is 9.01. The predicted octanol–water partition coefficient (Wildman–Crippen LogP) is 0.849. The molecule has 0 aromatic rings. The highest BCUT2D eigenvalue weighted by Crippen LogP contribution is 2.14. The van der Waals surface area contributed by atoms with Gasteiger partial charge in [-0.3, -0.25) is 0 Å². The molecule has 0 radical (unpaired) electrons. The summed E-state index contributed by atoms with van der Waals surface area (Å²) in [4.78, 5) is 0. The Morgan fingerprint density at radius 3 is 2.20 bits per heavy atom. The summed E-state index contributed by atoms with van der Waals surface area (Å²) in [6, 6.07) is 0. The van der Waals surface area contributed by atoms with Crippen LogP contribution in [-0.4, -0.2) is 17.5 Å². The molecule has 10 heavy (non-hydrogen) atoms. The average molecular weight is 257 g/mol. The van der Waals surface area contributed by atoms with Crippen molar-refractivity contribution in [3.05, 3.63) is 5.21 Å². The van der Waals surface area contributed by atoms with Gasteiger partial charge in [-0.15, -0.1) is 0 Å². The van der Waals surface area contributed by atoms with Crippen molar-refractivity contribution in [3.63, 3.8) is 0 Å². The standard InChI is InChI=1S/C7H16INO/c1-4-7(6(2)8)5-9(3)10/h6-7,9H,4-5H2,1-3H3/t6?,7-/m1/s1. The molecular weight excluding hydrogens is 241 g/mol. The van der Waals surface area contributed by atoms with Crippen molar-refractivity contribution in [2.75, 3.05) is 13.6 Å². The molecule has 0 aliphatic carbocycles. The minimum atomic E-state index is 0.315. The van der Waals surface area contributed by atoms with Gasteiger partial charge in [0.1, 0.15) is 0 Å². The van der Waals surface area contributed by atoms with Crippen LogP contribution < -0.4 is 5.06 Å². The van der Waals surface area contributed by atoms with Crippen LogP contribution in [0.4, 0.5) is 0 Å². The lowest BCUT2D eigenvalue weighted by Crippen LogP contribution is -3.04. The van der Waals surface area contributed by atoms with Gasteiger partial charge in [0.05, 0.1) is 13.6 Å². The first kappa shape index (κ1) is 10.7. The van der Waals surface area contributed by atoms with Gasteiger partial charge in [-0.1, -0.05) is 36.4 Å². The Kier molecular flexibility index (Phi) is 5.67. The summed E-state index contributed by atoms with van der Waals surface area (Å²) >= 11 is 2.39. The molecule has 0 heterocycles. The van der Waals surface area contributed by atoms with Gasteiger partial charge < -0.3 is 10.3 Å². The fourth-order valence-corrected chi connectivity index (χ4v) is 1.76. The first-order valence-electron chi connectivity index (χ1n) is 3.71. The Hall–Kier alpha value is 0.650. The van der Waals surface area contributed by atoms with Gasteiger partial charge in [0, 0.05) is 9.84 Å². The second-order valence-electron chi connectivity index (χ2n) is 2.75.